The van der Waals surface area contributed by atoms with Gasteiger partial charge >= 0.3 is 0 Å². The van der Waals surface area contributed by atoms with Crippen LogP contribution in [-0.2, 0) is 19.9 Å². The predicted molar refractivity (Wildman–Crippen MR) is 46.1 cm³/mol. The Morgan fingerprint density at radius 1 is 1.42 bits per heavy atom. The van der Waals surface area contributed by atoms with Crippen molar-refractivity contribution in [2.45, 2.75) is 25.7 Å². The minimum atomic E-state index is 0.00986. The molecule has 1 aliphatic rings. The third-order valence-corrected chi connectivity index (χ3v) is 2.37. The summed E-state index contributed by atoms with van der Waals surface area (Å²) in [6, 6.07) is 1.72. The highest BCUT2D eigenvalue weighted by Crippen LogP contribution is 2.16. The molecule has 1 aliphatic carbocycles. The number of aromatic nitrogens is 2. The summed E-state index contributed by atoms with van der Waals surface area (Å²) >= 11 is 0. The Hall–Kier alpha value is -1.12. The molecule has 0 saturated heterocycles. The fourth-order valence-corrected chi connectivity index (χ4v) is 1.66. The van der Waals surface area contributed by atoms with Gasteiger partial charge in [0.1, 0.15) is 0 Å². The Bertz CT molecular complexity index is 354. The number of hydrogen-bond acceptors (Lipinski definition) is 2. The molecule has 0 radical (unpaired) electrons. The van der Waals surface area contributed by atoms with Gasteiger partial charge in [-0.15, -0.1) is 0 Å². The maximum atomic E-state index is 11.2. The van der Waals surface area contributed by atoms with Gasteiger partial charge in [-0.1, -0.05) is 0 Å². The average Bonchev–Trinajstić information content (AvgIpc) is 2.07. The molecule has 0 N–H and O–H groups in total. The summed E-state index contributed by atoms with van der Waals surface area (Å²) in [5.74, 6) is 0. The van der Waals surface area contributed by atoms with Crippen molar-refractivity contribution in [3.05, 3.63) is 27.7 Å². The van der Waals surface area contributed by atoms with Crippen LogP contribution >= 0.6 is 0 Å². The van der Waals surface area contributed by atoms with Gasteiger partial charge in [-0.25, -0.2) is 4.68 Å². The van der Waals surface area contributed by atoms with Gasteiger partial charge in [0.05, 0.1) is 5.69 Å². The number of aryl methyl sites for hydroxylation is 3. The molecule has 1 aromatic heterocycles. The topological polar surface area (TPSA) is 34.9 Å². The molecule has 1 heterocycles. The molecule has 0 atom stereocenters. The smallest absolute Gasteiger partial charge is 0.266 e. The second-order valence-electron chi connectivity index (χ2n) is 3.29. The highest BCUT2D eigenvalue weighted by molar-refractivity contribution is 5.20. The van der Waals surface area contributed by atoms with Crippen LogP contribution in [0.1, 0.15) is 24.1 Å². The van der Waals surface area contributed by atoms with E-state index in [1.807, 2.05) is 0 Å². The molecule has 0 fully saturated rings. The van der Waals surface area contributed by atoms with Gasteiger partial charge in [0.25, 0.3) is 5.56 Å². The lowest BCUT2D eigenvalue weighted by Gasteiger charge is -2.13. The van der Waals surface area contributed by atoms with Crippen LogP contribution in [0.2, 0.25) is 0 Å². The molecular weight excluding hydrogens is 152 g/mol. The molecule has 64 valence electrons. The van der Waals surface area contributed by atoms with Gasteiger partial charge < -0.3 is 0 Å². The zero-order chi connectivity index (χ0) is 8.55. The zero-order valence-corrected chi connectivity index (χ0v) is 7.21. The van der Waals surface area contributed by atoms with E-state index in [2.05, 4.69) is 5.10 Å². The van der Waals surface area contributed by atoms with Crippen LogP contribution in [-0.4, -0.2) is 9.78 Å². The van der Waals surface area contributed by atoms with E-state index in [0.29, 0.717) is 0 Å². The van der Waals surface area contributed by atoms with Crippen molar-refractivity contribution in [1.29, 1.82) is 0 Å². The van der Waals surface area contributed by atoms with Crippen molar-refractivity contribution in [1.82, 2.24) is 9.78 Å². The molecule has 1 aromatic rings. The zero-order valence-electron chi connectivity index (χ0n) is 7.21. The Balaban J connectivity index is 2.56. The lowest BCUT2D eigenvalue weighted by Crippen LogP contribution is -2.23. The second-order valence-corrected chi connectivity index (χ2v) is 3.29. The van der Waals surface area contributed by atoms with E-state index >= 15 is 0 Å². The van der Waals surface area contributed by atoms with Crippen LogP contribution in [0.3, 0.4) is 0 Å². The SMILES string of the molecule is Cn1nc2c(cc1=O)CCCC2. The first-order valence-corrected chi connectivity index (χ1v) is 4.33. The summed E-state index contributed by atoms with van der Waals surface area (Å²) in [5.41, 5.74) is 2.28. The lowest BCUT2D eigenvalue weighted by molar-refractivity contribution is 0.603. The molecule has 0 bridgehead atoms. The highest BCUT2D eigenvalue weighted by Gasteiger charge is 2.11. The van der Waals surface area contributed by atoms with Crippen molar-refractivity contribution in [2.24, 2.45) is 7.05 Å². The van der Waals surface area contributed by atoms with E-state index in [9.17, 15) is 4.79 Å². The van der Waals surface area contributed by atoms with Crippen molar-refractivity contribution >= 4 is 0 Å². The maximum Gasteiger partial charge on any atom is 0.266 e. The molecule has 0 aromatic carbocycles. The quantitative estimate of drug-likeness (QED) is 0.564. The lowest BCUT2D eigenvalue weighted by atomic mass is 9.97. The van der Waals surface area contributed by atoms with Crippen LogP contribution in [0.4, 0.5) is 0 Å². The fraction of sp³-hybridized carbons (Fsp3) is 0.556. The van der Waals surface area contributed by atoms with E-state index in [1.165, 1.54) is 17.5 Å². The first kappa shape index (κ1) is 7.53. The summed E-state index contributed by atoms with van der Waals surface area (Å²) in [6.45, 7) is 0. The number of fused-ring (bicyclic) bond motifs is 1. The van der Waals surface area contributed by atoms with Crippen LogP contribution in [0.5, 0.6) is 0 Å². The third kappa shape index (κ3) is 1.15. The molecule has 0 amide bonds. The molecule has 0 saturated carbocycles. The molecule has 0 unspecified atom stereocenters. The Morgan fingerprint density at radius 2 is 2.17 bits per heavy atom. The fourth-order valence-electron chi connectivity index (χ4n) is 1.66. The molecule has 0 spiro atoms. The summed E-state index contributed by atoms with van der Waals surface area (Å²) in [6.07, 6.45) is 4.46. The molecule has 3 heteroatoms. The molecule has 12 heavy (non-hydrogen) atoms. The summed E-state index contributed by atoms with van der Waals surface area (Å²) < 4.78 is 1.42. The molecular formula is C9H12N2O. The Morgan fingerprint density at radius 3 is 3.00 bits per heavy atom. The first-order chi connectivity index (χ1) is 5.77. The third-order valence-electron chi connectivity index (χ3n) is 2.37. The van der Waals surface area contributed by atoms with Gasteiger partial charge in [0, 0.05) is 13.1 Å². The largest absolute Gasteiger partial charge is 0.268 e. The first-order valence-electron chi connectivity index (χ1n) is 4.33. The van der Waals surface area contributed by atoms with Crippen LogP contribution in [0, 0.1) is 0 Å². The maximum absolute atomic E-state index is 11.2. The van der Waals surface area contributed by atoms with Crippen LogP contribution < -0.4 is 5.56 Å². The van der Waals surface area contributed by atoms with Gasteiger partial charge in [-0.3, -0.25) is 4.79 Å². The van der Waals surface area contributed by atoms with E-state index in [1.54, 1.807) is 13.1 Å². The summed E-state index contributed by atoms with van der Waals surface area (Å²) in [5, 5.41) is 4.22. The van der Waals surface area contributed by atoms with Crippen LogP contribution in [0.15, 0.2) is 10.9 Å². The Labute approximate surface area is 71.0 Å². The van der Waals surface area contributed by atoms with Gasteiger partial charge in [0.15, 0.2) is 0 Å². The number of nitrogens with zero attached hydrogens (tertiary/aromatic N) is 2. The van der Waals surface area contributed by atoms with Gasteiger partial charge in [-0.05, 0) is 31.2 Å². The van der Waals surface area contributed by atoms with Crippen molar-refractivity contribution in [3.63, 3.8) is 0 Å². The minimum Gasteiger partial charge on any atom is -0.268 e. The van der Waals surface area contributed by atoms with Crippen LogP contribution in [0.25, 0.3) is 0 Å². The molecule has 0 aliphatic heterocycles. The van der Waals surface area contributed by atoms with E-state index in [4.69, 9.17) is 0 Å². The van der Waals surface area contributed by atoms with Gasteiger partial charge in [-0.2, -0.15) is 5.10 Å². The molecule has 3 nitrogen and oxygen atoms in total. The summed E-state index contributed by atoms with van der Waals surface area (Å²) in [7, 11) is 1.71. The van der Waals surface area contributed by atoms with Crippen molar-refractivity contribution in [3.8, 4) is 0 Å². The molecule has 2 rings (SSSR count). The van der Waals surface area contributed by atoms with Gasteiger partial charge in [0.2, 0.25) is 0 Å². The number of hydrogen-bond donors (Lipinski definition) is 0. The Kier molecular flexibility index (Phi) is 1.71. The van der Waals surface area contributed by atoms with E-state index in [-0.39, 0.29) is 5.56 Å². The van der Waals surface area contributed by atoms with Crippen molar-refractivity contribution < 1.29 is 0 Å². The monoisotopic (exact) mass is 164 g/mol. The average molecular weight is 164 g/mol. The summed E-state index contributed by atoms with van der Waals surface area (Å²) in [4.78, 5) is 11.2. The number of rotatable bonds is 0. The standard InChI is InChI=1S/C9H12N2O/c1-11-9(12)6-7-4-2-3-5-8(7)10-11/h6H,2-5H2,1H3. The predicted octanol–water partition coefficient (Wildman–Crippen LogP) is 0.659. The van der Waals surface area contributed by atoms with E-state index in [0.717, 1.165) is 24.1 Å². The normalized spacial score (nSPS) is 15.8. The highest BCUT2D eigenvalue weighted by atomic mass is 16.1. The minimum absolute atomic E-state index is 0.00986. The van der Waals surface area contributed by atoms with Crippen molar-refractivity contribution in [2.75, 3.05) is 0 Å². The van der Waals surface area contributed by atoms with E-state index < -0.39 is 0 Å². The second kappa shape index (κ2) is 2.73.